The van der Waals surface area contributed by atoms with Gasteiger partial charge in [-0.15, -0.1) is 0 Å². The molecule has 3 nitrogen and oxygen atoms in total. The van der Waals surface area contributed by atoms with Crippen LogP contribution >= 0.6 is 0 Å². The van der Waals surface area contributed by atoms with Gasteiger partial charge in [0.25, 0.3) is 0 Å². The van der Waals surface area contributed by atoms with E-state index in [1.54, 1.807) is 12.1 Å². The first-order valence-corrected chi connectivity index (χ1v) is 8.03. The maximum absolute atomic E-state index is 8.42. The minimum absolute atomic E-state index is 0.421. The van der Waals surface area contributed by atoms with Crippen molar-refractivity contribution >= 4 is 23.5 Å². The minimum atomic E-state index is -0.423. The Morgan fingerprint density at radius 2 is 1.43 bits per heavy atom. The Hall–Kier alpha value is -2.10. The fourth-order valence-corrected chi connectivity index (χ4v) is 2.77. The molecule has 0 unspecified atom stereocenters. The number of para-hydroxylation sites is 2. The van der Waals surface area contributed by atoms with Gasteiger partial charge in [-0.2, -0.15) is 0 Å². The number of fused-ring (bicyclic) bond motifs is 2. The van der Waals surface area contributed by atoms with E-state index < -0.39 is 6.29 Å². The molecule has 1 aliphatic rings. The third kappa shape index (κ3) is 3.46. The van der Waals surface area contributed by atoms with Gasteiger partial charge >= 0.3 is 0 Å². The summed E-state index contributed by atoms with van der Waals surface area (Å²) in [5, 5.41) is 0. The van der Waals surface area contributed by atoms with Crippen LogP contribution in [0.25, 0.3) is 12.2 Å². The van der Waals surface area contributed by atoms with Crippen molar-refractivity contribution in [2.45, 2.75) is 20.1 Å². The van der Waals surface area contributed by atoms with Crippen LogP contribution in [-0.4, -0.2) is 26.0 Å². The molecule has 0 fully saturated rings. The van der Waals surface area contributed by atoms with Gasteiger partial charge in [0, 0.05) is 24.6 Å². The monoisotopic (exact) mass is 311 g/mol. The van der Waals surface area contributed by atoms with E-state index in [-0.39, 0.29) is 0 Å². The van der Waals surface area contributed by atoms with Crippen LogP contribution in [0.5, 0.6) is 0 Å². The highest BCUT2D eigenvalue weighted by molar-refractivity contribution is 5.88. The smallest absolute Gasteiger partial charge is 0.175 e. The van der Waals surface area contributed by atoms with Crippen molar-refractivity contribution in [3.63, 3.8) is 0 Å². The summed E-state index contributed by atoms with van der Waals surface area (Å²) in [4.78, 5) is 1.99. The van der Waals surface area contributed by atoms with Crippen LogP contribution in [0.2, 0.25) is 0 Å². The van der Waals surface area contributed by atoms with Crippen LogP contribution in [0.3, 0.4) is 0 Å². The van der Waals surface area contributed by atoms with Crippen molar-refractivity contribution < 1.29 is 12.2 Å². The Labute approximate surface area is 141 Å². The van der Waals surface area contributed by atoms with Crippen molar-refractivity contribution in [1.82, 2.24) is 0 Å². The van der Waals surface area contributed by atoms with Gasteiger partial charge in [-0.1, -0.05) is 48.6 Å². The summed E-state index contributed by atoms with van der Waals surface area (Å²) in [7, 11) is 0. The summed E-state index contributed by atoms with van der Waals surface area (Å²) in [6.07, 6.45) is 3.58. The molecule has 1 heterocycles. The molecule has 120 valence electrons. The average Bonchev–Trinajstić information content (AvgIpc) is 2.75. The second kappa shape index (κ2) is 7.44. The molecule has 0 bridgehead atoms. The number of anilines is 2. The Kier molecular flexibility index (Phi) is 4.32. The maximum Gasteiger partial charge on any atom is 0.175 e. The fourth-order valence-electron chi connectivity index (χ4n) is 2.77. The predicted octanol–water partition coefficient (Wildman–Crippen LogP) is 4.71. The molecular formula is C20H23NO2. The summed E-state index contributed by atoms with van der Waals surface area (Å²) in [6, 6.07) is 12.1. The molecule has 0 amide bonds. The Balaban J connectivity index is 2.13. The lowest BCUT2D eigenvalue weighted by Gasteiger charge is -2.30. The first-order chi connectivity index (χ1) is 12.2. The summed E-state index contributed by atoms with van der Waals surface area (Å²) in [6.45, 7) is 5.38. The topological polar surface area (TPSA) is 21.7 Å². The highest BCUT2D eigenvalue weighted by Crippen LogP contribution is 2.36. The Morgan fingerprint density at radius 3 is 1.91 bits per heavy atom. The Morgan fingerprint density at radius 1 is 0.913 bits per heavy atom. The lowest BCUT2D eigenvalue weighted by atomic mass is 10.1. The number of hydrogen-bond donors (Lipinski definition) is 0. The van der Waals surface area contributed by atoms with Gasteiger partial charge in [0.2, 0.25) is 0 Å². The highest BCUT2D eigenvalue weighted by atomic mass is 16.7. The van der Waals surface area contributed by atoms with Gasteiger partial charge < -0.3 is 14.4 Å². The molecule has 0 saturated heterocycles. The molecule has 2 aromatic rings. The van der Waals surface area contributed by atoms with Crippen molar-refractivity contribution in [2.24, 2.45) is 0 Å². The molecular weight excluding hydrogens is 286 g/mol. The Bertz CT molecular complexity index is 715. The third-order valence-electron chi connectivity index (χ3n) is 3.75. The zero-order valence-electron chi connectivity index (χ0n) is 15.6. The standard InChI is InChI=1S/C20H23NO2/c1-3-22-20(23-4-2)15-21-18-11-7-5-9-16(18)13-14-17-10-6-8-12-19(17)21/h5-14,20H,3-4,15H2,1-2H3/i11D,12D. The van der Waals surface area contributed by atoms with Crippen LogP contribution in [0.1, 0.15) is 27.7 Å². The summed E-state index contributed by atoms with van der Waals surface area (Å²) < 4.78 is 28.3. The fraction of sp³-hybridized carbons (Fsp3) is 0.300. The largest absolute Gasteiger partial charge is 0.351 e. The lowest BCUT2D eigenvalue weighted by Crippen LogP contribution is -2.33. The van der Waals surface area contributed by atoms with E-state index in [0.29, 0.717) is 31.8 Å². The van der Waals surface area contributed by atoms with E-state index in [1.807, 2.05) is 55.2 Å². The van der Waals surface area contributed by atoms with Crippen molar-refractivity contribution in [1.29, 1.82) is 0 Å². The lowest BCUT2D eigenvalue weighted by molar-refractivity contribution is -0.128. The van der Waals surface area contributed by atoms with E-state index in [4.69, 9.17) is 12.2 Å². The van der Waals surface area contributed by atoms with Gasteiger partial charge in [-0.3, -0.25) is 0 Å². The van der Waals surface area contributed by atoms with E-state index in [2.05, 4.69) is 0 Å². The van der Waals surface area contributed by atoms with E-state index in [9.17, 15) is 0 Å². The normalized spacial score (nSPS) is 14.1. The van der Waals surface area contributed by atoms with Crippen LogP contribution in [0, 0.1) is 0 Å². The second-order valence-corrected chi connectivity index (χ2v) is 5.23. The van der Waals surface area contributed by atoms with Crippen LogP contribution in [0.4, 0.5) is 11.4 Å². The third-order valence-corrected chi connectivity index (χ3v) is 3.75. The molecule has 0 aliphatic carbocycles. The van der Waals surface area contributed by atoms with Crippen LogP contribution in [0.15, 0.2) is 48.5 Å². The SMILES string of the molecule is [2H]c1cccc2c1N(CC(OCC)OCC)c1c([2H])cccc1C=C2. The molecule has 3 rings (SSSR count). The number of nitrogens with zero attached hydrogens (tertiary/aromatic N) is 1. The molecule has 2 aromatic carbocycles. The summed E-state index contributed by atoms with van der Waals surface area (Å²) >= 11 is 0. The predicted molar refractivity (Wildman–Crippen MR) is 95.9 cm³/mol. The molecule has 23 heavy (non-hydrogen) atoms. The van der Waals surface area contributed by atoms with E-state index >= 15 is 0 Å². The van der Waals surface area contributed by atoms with Crippen LogP contribution in [-0.2, 0) is 9.47 Å². The zero-order chi connectivity index (χ0) is 17.8. The van der Waals surface area contributed by atoms with Crippen molar-refractivity contribution in [3.8, 4) is 0 Å². The van der Waals surface area contributed by atoms with Gasteiger partial charge in [-0.05, 0) is 37.1 Å². The van der Waals surface area contributed by atoms with Crippen molar-refractivity contribution in [3.05, 3.63) is 59.6 Å². The highest BCUT2D eigenvalue weighted by Gasteiger charge is 2.21. The molecule has 0 N–H and O–H groups in total. The van der Waals surface area contributed by atoms with Gasteiger partial charge in [-0.25, -0.2) is 0 Å². The van der Waals surface area contributed by atoms with Gasteiger partial charge in [0.15, 0.2) is 6.29 Å². The summed E-state index contributed by atoms with van der Waals surface area (Å²) in [5.74, 6) is 0. The second-order valence-electron chi connectivity index (χ2n) is 5.23. The molecule has 0 aromatic heterocycles. The number of ether oxygens (including phenoxy) is 2. The quantitative estimate of drug-likeness (QED) is 0.721. The molecule has 0 radical (unpaired) electrons. The first kappa shape index (κ1) is 13.3. The number of hydrogen-bond acceptors (Lipinski definition) is 3. The van der Waals surface area contributed by atoms with Gasteiger partial charge in [0.05, 0.1) is 9.29 Å². The minimum Gasteiger partial charge on any atom is -0.351 e. The average molecular weight is 311 g/mol. The maximum atomic E-state index is 8.42. The molecule has 0 atom stereocenters. The summed E-state index contributed by atoms with van der Waals surface area (Å²) in [5.41, 5.74) is 3.47. The number of rotatable bonds is 6. The molecule has 1 aliphatic heterocycles. The van der Waals surface area contributed by atoms with Gasteiger partial charge in [0.1, 0.15) is 0 Å². The molecule has 3 heteroatoms. The van der Waals surface area contributed by atoms with E-state index in [0.717, 1.165) is 22.5 Å². The van der Waals surface area contributed by atoms with E-state index in [1.165, 1.54) is 0 Å². The zero-order valence-corrected chi connectivity index (χ0v) is 13.6. The molecule has 0 saturated carbocycles. The van der Waals surface area contributed by atoms with Crippen molar-refractivity contribution in [2.75, 3.05) is 24.7 Å². The van der Waals surface area contributed by atoms with Crippen LogP contribution < -0.4 is 4.90 Å². The number of benzene rings is 2. The first-order valence-electron chi connectivity index (χ1n) is 9.03. The molecule has 0 spiro atoms.